The Labute approximate surface area is 195 Å². The lowest BCUT2D eigenvalue weighted by molar-refractivity contribution is -0.123. The van der Waals surface area contributed by atoms with Crippen LogP contribution in [0.2, 0.25) is 5.02 Å². The molecule has 1 N–H and O–H groups in total. The van der Waals surface area contributed by atoms with Gasteiger partial charge in [0.2, 0.25) is 0 Å². The van der Waals surface area contributed by atoms with Gasteiger partial charge in [0.15, 0.2) is 15.8 Å². The van der Waals surface area contributed by atoms with Crippen molar-refractivity contribution in [2.24, 2.45) is 0 Å². The minimum Gasteiger partial charge on any atom is -0.493 e. The fraction of sp³-hybridized carbons (Fsp3) is 0.105. The number of thioether (sulfide) groups is 1. The van der Waals surface area contributed by atoms with E-state index < -0.39 is 11.8 Å². The summed E-state index contributed by atoms with van der Waals surface area (Å²) in [6, 6.07) is 9.95. The second-order valence-electron chi connectivity index (χ2n) is 5.70. The third kappa shape index (κ3) is 4.85. The van der Waals surface area contributed by atoms with Crippen LogP contribution in [0.25, 0.3) is 6.08 Å². The lowest BCUT2D eigenvalue weighted by Crippen LogP contribution is -2.44. The quantitative estimate of drug-likeness (QED) is 0.330. The molecule has 0 atom stereocenters. The third-order valence-electron chi connectivity index (χ3n) is 3.87. The smallest absolute Gasteiger partial charge is 0.285 e. The summed E-state index contributed by atoms with van der Waals surface area (Å²) in [5.74, 6) is 0.303. The molecule has 0 spiro atoms. The van der Waals surface area contributed by atoms with Crippen molar-refractivity contribution in [3.63, 3.8) is 0 Å². The molecule has 1 saturated heterocycles. The van der Waals surface area contributed by atoms with E-state index >= 15 is 0 Å². The zero-order valence-corrected chi connectivity index (χ0v) is 19.7. The van der Waals surface area contributed by atoms with Gasteiger partial charge in [0.05, 0.1) is 22.7 Å². The minimum atomic E-state index is -0.458. The fourth-order valence-electron chi connectivity index (χ4n) is 2.50. The number of nitrogens with one attached hydrogen (secondary N) is 1. The molecule has 29 heavy (non-hydrogen) atoms. The Morgan fingerprint density at radius 3 is 2.55 bits per heavy atom. The third-order valence-corrected chi connectivity index (χ3v) is 6.22. The van der Waals surface area contributed by atoms with E-state index in [2.05, 4.69) is 28.0 Å². The highest BCUT2D eigenvalue weighted by Crippen LogP contribution is 2.36. The summed E-state index contributed by atoms with van der Waals surface area (Å²) in [4.78, 5) is 25.5. The summed E-state index contributed by atoms with van der Waals surface area (Å²) in [6.45, 7) is 0. The number of benzene rings is 2. The maximum Gasteiger partial charge on any atom is 0.285 e. The van der Waals surface area contributed by atoms with Crippen molar-refractivity contribution in [1.29, 1.82) is 0 Å². The van der Waals surface area contributed by atoms with E-state index in [1.54, 1.807) is 50.6 Å². The van der Waals surface area contributed by atoms with E-state index in [9.17, 15) is 9.59 Å². The standard InChI is InChI=1S/C19H14ClIN2O4S2/c1-26-14-8-10(7-13(21)16(14)27-2)9-15-18(25)23(19(28)29-15)22-17(24)11-3-5-12(20)6-4-11/h3-9H,1-2H3,(H,22,24)/b15-9+. The second kappa shape index (κ2) is 9.33. The largest absolute Gasteiger partial charge is 0.493 e. The fourth-order valence-corrected chi connectivity index (χ4v) is 4.66. The number of ether oxygens (including phenoxy) is 2. The van der Waals surface area contributed by atoms with Crippen molar-refractivity contribution in [3.05, 3.63) is 61.0 Å². The van der Waals surface area contributed by atoms with Crippen molar-refractivity contribution in [3.8, 4) is 11.5 Å². The van der Waals surface area contributed by atoms with Crippen molar-refractivity contribution in [1.82, 2.24) is 10.4 Å². The molecular weight excluding hydrogens is 547 g/mol. The highest BCUT2D eigenvalue weighted by Gasteiger charge is 2.34. The molecule has 2 aromatic rings. The molecule has 1 fully saturated rings. The van der Waals surface area contributed by atoms with Gasteiger partial charge < -0.3 is 9.47 Å². The number of amides is 2. The predicted octanol–water partition coefficient (Wildman–Crippen LogP) is 4.51. The summed E-state index contributed by atoms with van der Waals surface area (Å²) < 4.78 is 11.7. The van der Waals surface area contributed by atoms with Crippen LogP contribution in [0.15, 0.2) is 41.3 Å². The van der Waals surface area contributed by atoms with Gasteiger partial charge in [-0.15, -0.1) is 0 Å². The monoisotopic (exact) mass is 560 g/mol. The van der Waals surface area contributed by atoms with Gasteiger partial charge in [-0.3, -0.25) is 15.0 Å². The summed E-state index contributed by atoms with van der Waals surface area (Å²) >= 11 is 14.3. The average Bonchev–Trinajstić information content (AvgIpc) is 2.95. The number of halogens is 2. The van der Waals surface area contributed by atoms with Gasteiger partial charge in [-0.2, -0.15) is 5.01 Å². The van der Waals surface area contributed by atoms with E-state index in [0.29, 0.717) is 27.0 Å². The Morgan fingerprint density at radius 1 is 1.24 bits per heavy atom. The first-order valence-electron chi connectivity index (χ1n) is 8.10. The molecule has 2 amide bonds. The molecule has 0 aromatic heterocycles. The Kier molecular flexibility index (Phi) is 7.04. The molecule has 0 radical (unpaired) electrons. The summed E-state index contributed by atoms with van der Waals surface area (Å²) in [5.41, 5.74) is 3.64. The van der Waals surface area contributed by atoms with Crippen LogP contribution >= 0.6 is 58.2 Å². The number of hydrogen-bond acceptors (Lipinski definition) is 6. The van der Waals surface area contributed by atoms with Gasteiger partial charge in [-0.1, -0.05) is 23.4 Å². The first-order valence-corrected chi connectivity index (χ1v) is 10.8. The SMILES string of the molecule is COc1cc(/C=C2/SC(=S)N(NC(=O)c3ccc(Cl)cc3)C2=O)cc(I)c1OC. The normalized spacial score (nSPS) is 15.0. The van der Waals surface area contributed by atoms with Crippen LogP contribution in [0, 0.1) is 3.57 Å². The zero-order valence-electron chi connectivity index (χ0n) is 15.2. The molecule has 1 aliphatic heterocycles. The van der Waals surface area contributed by atoms with Crippen LogP contribution in [0.5, 0.6) is 11.5 Å². The molecule has 150 valence electrons. The number of hydrazine groups is 1. The topological polar surface area (TPSA) is 67.9 Å². The molecule has 0 bridgehead atoms. The molecule has 0 unspecified atom stereocenters. The van der Waals surface area contributed by atoms with Gasteiger partial charge in [0.25, 0.3) is 11.8 Å². The maximum absolute atomic E-state index is 12.8. The second-order valence-corrected chi connectivity index (χ2v) is 8.98. The Morgan fingerprint density at radius 2 is 1.93 bits per heavy atom. The van der Waals surface area contributed by atoms with Crippen LogP contribution in [0.3, 0.4) is 0 Å². The lowest BCUT2D eigenvalue weighted by Gasteiger charge is -2.15. The molecule has 1 aliphatic rings. The number of rotatable bonds is 5. The Hall–Kier alpha value is -1.82. The van der Waals surface area contributed by atoms with Crippen LogP contribution in [0.4, 0.5) is 0 Å². The van der Waals surface area contributed by atoms with E-state index in [0.717, 1.165) is 25.9 Å². The number of carbonyl (C=O) groups excluding carboxylic acids is 2. The van der Waals surface area contributed by atoms with E-state index in [-0.39, 0.29) is 4.32 Å². The average molecular weight is 561 g/mol. The predicted molar refractivity (Wildman–Crippen MR) is 126 cm³/mol. The number of hydrogen-bond donors (Lipinski definition) is 1. The molecule has 6 nitrogen and oxygen atoms in total. The van der Waals surface area contributed by atoms with Gasteiger partial charge in [0, 0.05) is 10.6 Å². The first-order chi connectivity index (χ1) is 13.8. The van der Waals surface area contributed by atoms with Crippen molar-refractivity contribution < 1.29 is 19.1 Å². The highest BCUT2D eigenvalue weighted by atomic mass is 127. The number of carbonyl (C=O) groups is 2. The van der Waals surface area contributed by atoms with Gasteiger partial charge >= 0.3 is 0 Å². The summed E-state index contributed by atoms with van der Waals surface area (Å²) in [5, 5.41) is 1.58. The van der Waals surface area contributed by atoms with Gasteiger partial charge in [0.1, 0.15) is 0 Å². The number of nitrogens with zero attached hydrogens (tertiary/aromatic N) is 1. The minimum absolute atomic E-state index is 0.235. The Balaban J connectivity index is 1.82. The maximum atomic E-state index is 12.8. The molecule has 10 heteroatoms. The first kappa shape index (κ1) is 21.9. The lowest BCUT2D eigenvalue weighted by atomic mass is 10.2. The molecule has 0 aliphatic carbocycles. The van der Waals surface area contributed by atoms with Crippen LogP contribution in [0.1, 0.15) is 15.9 Å². The van der Waals surface area contributed by atoms with E-state index in [1.165, 1.54) is 0 Å². The van der Waals surface area contributed by atoms with Crippen molar-refractivity contribution in [2.45, 2.75) is 0 Å². The molecular formula is C19H14ClIN2O4S2. The zero-order chi connectivity index (χ0) is 21.1. The molecule has 0 saturated carbocycles. The summed E-state index contributed by atoms with van der Waals surface area (Å²) in [7, 11) is 3.11. The molecule has 2 aromatic carbocycles. The Bertz CT molecular complexity index is 1030. The molecule has 3 rings (SSSR count). The van der Waals surface area contributed by atoms with Gasteiger partial charge in [-0.25, -0.2) is 0 Å². The number of methoxy groups -OCH3 is 2. The van der Waals surface area contributed by atoms with Crippen molar-refractivity contribution in [2.75, 3.05) is 14.2 Å². The van der Waals surface area contributed by atoms with E-state index in [1.807, 2.05) is 6.07 Å². The number of thiocarbonyl (C=S) groups is 1. The highest BCUT2D eigenvalue weighted by molar-refractivity contribution is 14.1. The van der Waals surface area contributed by atoms with Crippen LogP contribution in [-0.2, 0) is 4.79 Å². The van der Waals surface area contributed by atoms with Crippen LogP contribution < -0.4 is 14.9 Å². The van der Waals surface area contributed by atoms with Gasteiger partial charge in [-0.05, 0) is 82.8 Å². The molecule has 1 heterocycles. The summed E-state index contributed by atoms with van der Waals surface area (Å²) in [6.07, 6.45) is 1.69. The van der Waals surface area contributed by atoms with Crippen molar-refractivity contribution >= 4 is 80.4 Å². The van der Waals surface area contributed by atoms with E-state index in [4.69, 9.17) is 33.3 Å². The van der Waals surface area contributed by atoms with Crippen LogP contribution in [-0.4, -0.2) is 35.4 Å².